The molecular weight excluding hydrogens is 511 g/mol. The van der Waals surface area contributed by atoms with Crippen LogP contribution in [0, 0.1) is 19.7 Å². The molecule has 1 aliphatic rings. The van der Waals surface area contributed by atoms with Gasteiger partial charge in [0.2, 0.25) is 0 Å². The summed E-state index contributed by atoms with van der Waals surface area (Å²) in [6.07, 6.45) is 2.01. The number of aryl methyl sites for hydroxylation is 1. The predicted molar refractivity (Wildman–Crippen MR) is 155 cm³/mol. The molecule has 1 aliphatic heterocycles. The lowest BCUT2D eigenvalue weighted by Crippen LogP contribution is -2.51. The second-order valence-electron chi connectivity index (χ2n) is 9.64. The summed E-state index contributed by atoms with van der Waals surface area (Å²) < 4.78 is 15.7. The molecule has 0 radical (unpaired) electrons. The van der Waals surface area contributed by atoms with E-state index in [2.05, 4.69) is 5.32 Å². The van der Waals surface area contributed by atoms with Crippen molar-refractivity contribution in [3.05, 3.63) is 102 Å². The van der Waals surface area contributed by atoms with Crippen molar-refractivity contribution < 1.29 is 14.0 Å². The van der Waals surface area contributed by atoms with Crippen molar-refractivity contribution >= 4 is 29.4 Å². The normalized spacial score (nSPS) is 13.4. The summed E-state index contributed by atoms with van der Waals surface area (Å²) in [4.78, 5) is 31.2. The van der Waals surface area contributed by atoms with Crippen molar-refractivity contribution in [2.45, 2.75) is 18.7 Å². The second kappa shape index (κ2) is 11.4. The zero-order valence-electron chi connectivity index (χ0n) is 22.3. The fourth-order valence-corrected chi connectivity index (χ4v) is 5.25. The van der Waals surface area contributed by atoms with E-state index in [4.69, 9.17) is 0 Å². The van der Waals surface area contributed by atoms with Crippen LogP contribution in [0.1, 0.15) is 21.6 Å². The van der Waals surface area contributed by atoms with Crippen molar-refractivity contribution in [1.29, 1.82) is 0 Å². The molecule has 1 N–H and O–H groups in total. The first-order chi connectivity index (χ1) is 18.8. The molecule has 3 aromatic carbocycles. The average Bonchev–Trinajstić information content (AvgIpc) is 3.30. The minimum Gasteiger partial charge on any atom is -0.335 e. The van der Waals surface area contributed by atoms with Crippen molar-refractivity contribution in [3.63, 3.8) is 0 Å². The zero-order chi connectivity index (χ0) is 27.5. The Morgan fingerprint density at radius 3 is 2.05 bits per heavy atom. The van der Waals surface area contributed by atoms with Crippen molar-refractivity contribution in [3.8, 4) is 16.9 Å². The predicted octanol–water partition coefficient (Wildman–Crippen LogP) is 6.61. The molecule has 0 aliphatic carbocycles. The molecule has 6 nitrogen and oxygen atoms in total. The summed E-state index contributed by atoms with van der Waals surface area (Å²) in [7, 11) is 0. The van der Waals surface area contributed by atoms with Crippen molar-refractivity contribution in [2.24, 2.45) is 0 Å². The Balaban J connectivity index is 1.34. The highest BCUT2D eigenvalue weighted by atomic mass is 32.2. The highest BCUT2D eigenvalue weighted by Gasteiger charge is 2.28. The number of aromatic nitrogens is 1. The highest BCUT2D eigenvalue weighted by molar-refractivity contribution is 7.98. The number of nitrogens with one attached hydrogen (secondary N) is 1. The number of rotatable bonds is 5. The summed E-state index contributed by atoms with van der Waals surface area (Å²) >= 11 is 1.65. The maximum atomic E-state index is 13.7. The molecule has 4 aromatic rings. The maximum Gasteiger partial charge on any atom is 0.321 e. The second-order valence-corrected chi connectivity index (χ2v) is 10.5. The standard InChI is InChI=1S/C31H31FN4O2S/c1-21-4-12-26(13-5-21)36-22(2)28(20-29(36)23-6-8-24(32)9-7-23)30(37)34-16-18-35(19-17-34)31(38)33-25-10-14-27(39-3)15-11-25/h4-15,20H,16-19H2,1-3H3,(H,33,38). The monoisotopic (exact) mass is 542 g/mol. The van der Waals surface area contributed by atoms with E-state index < -0.39 is 0 Å². The Hall–Kier alpha value is -4.04. The largest absolute Gasteiger partial charge is 0.335 e. The Morgan fingerprint density at radius 1 is 0.821 bits per heavy atom. The van der Waals surface area contributed by atoms with Gasteiger partial charge in [0.15, 0.2) is 0 Å². The number of piperazine rings is 1. The van der Waals surface area contributed by atoms with Crippen LogP contribution < -0.4 is 5.32 Å². The van der Waals surface area contributed by atoms with E-state index in [1.807, 2.05) is 79.3 Å². The number of anilines is 1. The SMILES string of the molecule is CSc1ccc(NC(=O)N2CCN(C(=O)c3cc(-c4ccc(F)cc4)n(-c4ccc(C)cc4)c3C)CC2)cc1. The Bertz CT molecular complexity index is 1470. The highest BCUT2D eigenvalue weighted by Crippen LogP contribution is 2.31. The van der Waals surface area contributed by atoms with Crippen LogP contribution in [0.5, 0.6) is 0 Å². The number of halogens is 1. The van der Waals surface area contributed by atoms with Gasteiger partial charge in [0, 0.05) is 48.1 Å². The van der Waals surface area contributed by atoms with Crippen LogP contribution in [0.2, 0.25) is 0 Å². The van der Waals surface area contributed by atoms with E-state index in [1.54, 1.807) is 33.7 Å². The first-order valence-corrected chi connectivity index (χ1v) is 14.1. The Morgan fingerprint density at radius 2 is 1.44 bits per heavy atom. The molecule has 0 atom stereocenters. The van der Waals surface area contributed by atoms with E-state index >= 15 is 0 Å². The van der Waals surface area contributed by atoms with Crippen molar-refractivity contribution in [2.75, 3.05) is 37.8 Å². The summed E-state index contributed by atoms with van der Waals surface area (Å²) in [5, 5.41) is 2.95. The third-order valence-electron chi connectivity index (χ3n) is 7.11. The van der Waals surface area contributed by atoms with E-state index in [0.29, 0.717) is 31.7 Å². The number of carbonyl (C=O) groups excluding carboxylic acids is 2. The van der Waals surface area contributed by atoms with Crippen LogP contribution in [0.15, 0.2) is 83.8 Å². The molecule has 0 saturated carbocycles. The van der Waals surface area contributed by atoms with Crippen molar-refractivity contribution in [1.82, 2.24) is 14.4 Å². The summed E-state index contributed by atoms with van der Waals surface area (Å²) in [5.74, 6) is -0.381. The first-order valence-electron chi connectivity index (χ1n) is 12.9. The number of carbonyl (C=O) groups is 2. The molecule has 1 aromatic heterocycles. The third kappa shape index (κ3) is 5.71. The molecule has 8 heteroatoms. The number of hydrogen-bond acceptors (Lipinski definition) is 3. The van der Waals surface area contributed by atoms with E-state index in [1.165, 1.54) is 12.1 Å². The average molecular weight is 543 g/mol. The number of nitrogens with zero attached hydrogens (tertiary/aromatic N) is 3. The van der Waals surface area contributed by atoms with Gasteiger partial charge in [0.1, 0.15) is 5.82 Å². The number of benzene rings is 3. The van der Waals surface area contributed by atoms with Crippen LogP contribution in [0.3, 0.4) is 0 Å². The lowest BCUT2D eigenvalue weighted by molar-refractivity contribution is 0.0671. The lowest BCUT2D eigenvalue weighted by Gasteiger charge is -2.34. The molecule has 0 bridgehead atoms. The zero-order valence-corrected chi connectivity index (χ0v) is 23.1. The molecule has 3 amide bonds. The van der Waals surface area contributed by atoms with E-state index in [-0.39, 0.29) is 17.8 Å². The number of hydrogen-bond donors (Lipinski definition) is 1. The van der Waals surface area contributed by atoms with Gasteiger partial charge < -0.3 is 19.7 Å². The fourth-order valence-electron chi connectivity index (χ4n) is 4.84. The minimum absolute atomic E-state index is 0.0746. The van der Waals surface area contributed by atoms with E-state index in [0.717, 1.165) is 38.8 Å². The van der Waals surface area contributed by atoms with Gasteiger partial charge in [-0.3, -0.25) is 4.79 Å². The van der Waals surface area contributed by atoms with Crippen LogP contribution in [-0.2, 0) is 0 Å². The minimum atomic E-state index is -0.306. The topological polar surface area (TPSA) is 57.6 Å². The number of urea groups is 1. The van der Waals surface area contributed by atoms with Gasteiger partial charge in [-0.1, -0.05) is 17.7 Å². The molecular formula is C31H31FN4O2S. The Kier molecular flexibility index (Phi) is 7.74. The van der Waals surface area contributed by atoms with Gasteiger partial charge >= 0.3 is 6.03 Å². The Labute approximate surface area is 232 Å². The van der Waals surface area contributed by atoms with Gasteiger partial charge in [-0.25, -0.2) is 9.18 Å². The first kappa shape index (κ1) is 26.6. The maximum absolute atomic E-state index is 13.7. The van der Waals surface area contributed by atoms with E-state index in [9.17, 15) is 14.0 Å². The molecule has 1 fully saturated rings. The van der Waals surface area contributed by atoms with Gasteiger partial charge in [0.05, 0.1) is 11.3 Å². The molecule has 5 rings (SSSR count). The lowest BCUT2D eigenvalue weighted by atomic mass is 10.1. The molecule has 0 unspecified atom stereocenters. The number of amides is 3. The quantitative estimate of drug-likeness (QED) is 0.289. The molecule has 1 saturated heterocycles. The summed E-state index contributed by atoms with van der Waals surface area (Å²) in [5.41, 5.74) is 5.89. The molecule has 2 heterocycles. The van der Waals surface area contributed by atoms with Crippen LogP contribution in [0.4, 0.5) is 14.9 Å². The van der Waals surface area contributed by atoms with Crippen LogP contribution in [-0.4, -0.2) is 58.7 Å². The molecule has 200 valence electrons. The van der Waals surface area contributed by atoms with Gasteiger partial charge in [-0.2, -0.15) is 0 Å². The van der Waals surface area contributed by atoms with Gasteiger partial charge in [-0.15, -0.1) is 11.8 Å². The summed E-state index contributed by atoms with van der Waals surface area (Å²) in [6, 6.07) is 23.9. The van der Waals surface area contributed by atoms with Gasteiger partial charge in [-0.05, 0) is 92.4 Å². The van der Waals surface area contributed by atoms with Gasteiger partial charge in [0.25, 0.3) is 5.91 Å². The smallest absolute Gasteiger partial charge is 0.321 e. The number of thioether (sulfide) groups is 1. The fraction of sp³-hybridized carbons (Fsp3) is 0.226. The third-order valence-corrected chi connectivity index (χ3v) is 7.85. The van der Waals surface area contributed by atoms with Crippen LogP contribution in [0.25, 0.3) is 16.9 Å². The summed E-state index contributed by atoms with van der Waals surface area (Å²) in [6.45, 7) is 5.75. The van der Waals surface area contributed by atoms with Crippen LogP contribution >= 0.6 is 11.8 Å². The molecule has 39 heavy (non-hydrogen) atoms. The molecule has 0 spiro atoms.